The van der Waals surface area contributed by atoms with Gasteiger partial charge in [0.05, 0.1) is 5.02 Å². The summed E-state index contributed by atoms with van der Waals surface area (Å²) in [6.45, 7) is 2.16. The minimum atomic E-state index is -0.438. The normalized spacial score (nSPS) is 9.84. The molecule has 2 aromatic carbocycles. The van der Waals surface area contributed by atoms with E-state index in [1.165, 1.54) is 17.7 Å². The molecule has 0 radical (unpaired) electrons. The molecule has 19 heavy (non-hydrogen) atoms. The Kier molecular flexibility index (Phi) is 4.60. The molecule has 0 aliphatic heterocycles. The molecule has 2 aromatic rings. The third-order valence-corrected chi connectivity index (χ3v) is 3.07. The van der Waals surface area contributed by atoms with Crippen LogP contribution in [0.5, 0.6) is 0 Å². The second-order valence-electron chi connectivity index (χ2n) is 4.33. The van der Waals surface area contributed by atoms with Crippen LogP contribution in [-0.4, -0.2) is 0 Å². The molecule has 0 aromatic heterocycles. The van der Waals surface area contributed by atoms with E-state index in [2.05, 4.69) is 30.9 Å². The van der Waals surface area contributed by atoms with E-state index in [0.29, 0.717) is 5.56 Å². The first kappa shape index (κ1) is 13.6. The predicted octanol–water partition coefficient (Wildman–Crippen LogP) is 4.83. The van der Waals surface area contributed by atoms with Crippen LogP contribution < -0.4 is 0 Å². The van der Waals surface area contributed by atoms with Crippen molar-refractivity contribution >= 4 is 11.6 Å². The summed E-state index contributed by atoms with van der Waals surface area (Å²) in [5.41, 5.74) is 2.86. The Morgan fingerprint density at radius 3 is 2.26 bits per heavy atom. The van der Waals surface area contributed by atoms with Crippen molar-refractivity contribution in [3.63, 3.8) is 0 Å². The van der Waals surface area contributed by atoms with Gasteiger partial charge in [0.2, 0.25) is 0 Å². The Bertz CT molecular complexity index is 618. The lowest BCUT2D eigenvalue weighted by Gasteiger charge is -1.97. The molecule has 0 amide bonds. The number of hydrogen-bond donors (Lipinski definition) is 0. The highest BCUT2D eigenvalue weighted by atomic mass is 35.5. The fourth-order valence-electron chi connectivity index (χ4n) is 1.76. The first-order chi connectivity index (χ1) is 9.19. The zero-order chi connectivity index (χ0) is 13.7. The number of aryl methyl sites for hydroxylation is 1. The maximum Gasteiger partial charge on any atom is 0.143 e. The number of hydrogen-bond acceptors (Lipinski definition) is 0. The third kappa shape index (κ3) is 3.84. The monoisotopic (exact) mass is 272 g/mol. The van der Waals surface area contributed by atoms with E-state index in [4.69, 9.17) is 11.6 Å². The molecule has 0 bridgehead atoms. The van der Waals surface area contributed by atoms with Crippen molar-refractivity contribution in [1.29, 1.82) is 0 Å². The molecule has 0 saturated heterocycles. The van der Waals surface area contributed by atoms with Crippen molar-refractivity contribution in [2.45, 2.75) is 19.8 Å². The molecule has 2 rings (SSSR count). The lowest BCUT2D eigenvalue weighted by molar-refractivity contribution is 0.628. The van der Waals surface area contributed by atoms with E-state index in [-0.39, 0.29) is 5.02 Å². The number of benzene rings is 2. The van der Waals surface area contributed by atoms with Gasteiger partial charge in [-0.2, -0.15) is 0 Å². The van der Waals surface area contributed by atoms with Gasteiger partial charge in [0.1, 0.15) is 5.82 Å². The summed E-state index contributed by atoms with van der Waals surface area (Å²) in [6, 6.07) is 12.7. The maximum absolute atomic E-state index is 13.2. The maximum atomic E-state index is 13.2. The Hall–Kier alpha value is -1.78. The van der Waals surface area contributed by atoms with E-state index < -0.39 is 5.82 Å². The van der Waals surface area contributed by atoms with Gasteiger partial charge in [-0.1, -0.05) is 48.9 Å². The third-order valence-electron chi connectivity index (χ3n) is 2.76. The van der Waals surface area contributed by atoms with Gasteiger partial charge < -0.3 is 0 Å². The van der Waals surface area contributed by atoms with Crippen LogP contribution >= 0.6 is 11.6 Å². The van der Waals surface area contributed by atoms with Crippen LogP contribution in [0.15, 0.2) is 42.5 Å². The first-order valence-electron chi connectivity index (χ1n) is 6.25. The quantitative estimate of drug-likeness (QED) is 0.687. The first-order valence-corrected chi connectivity index (χ1v) is 6.63. The van der Waals surface area contributed by atoms with E-state index >= 15 is 0 Å². The van der Waals surface area contributed by atoms with Crippen LogP contribution in [0.25, 0.3) is 0 Å². The fourth-order valence-corrected chi connectivity index (χ4v) is 1.88. The van der Waals surface area contributed by atoms with Crippen molar-refractivity contribution in [1.82, 2.24) is 0 Å². The standard InChI is InChI=1S/C17H14ClF/c1-2-3-13-4-6-14(7-5-13)8-9-15-10-11-16(18)17(19)12-15/h4-7,10-12H,2-3H2,1H3. The van der Waals surface area contributed by atoms with E-state index in [0.717, 1.165) is 18.4 Å². The van der Waals surface area contributed by atoms with Crippen molar-refractivity contribution in [2.75, 3.05) is 0 Å². The number of halogens is 2. The SMILES string of the molecule is CCCc1ccc(C#Cc2ccc(Cl)c(F)c2)cc1. The van der Waals surface area contributed by atoms with Crippen LogP contribution in [0.4, 0.5) is 4.39 Å². The highest BCUT2D eigenvalue weighted by Gasteiger charge is 1.98. The van der Waals surface area contributed by atoms with Crippen LogP contribution in [0, 0.1) is 17.7 Å². The van der Waals surface area contributed by atoms with Crippen LogP contribution in [0.2, 0.25) is 5.02 Å². The van der Waals surface area contributed by atoms with Crippen LogP contribution in [0.3, 0.4) is 0 Å². The molecule has 96 valence electrons. The second kappa shape index (κ2) is 6.41. The summed E-state index contributed by atoms with van der Waals surface area (Å²) in [4.78, 5) is 0. The molecule has 0 atom stereocenters. The molecular weight excluding hydrogens is 259 g/mol. The van der Waals surface area contributed by atoms with E-state index in [1.54, 1.807) is 6.07 Å². The van der Waals surface area contributed by atoms with Crippen molar-refractivity contribution in [2.24, 2.45) is 0 Å². The minimum absolute atomic E-state index is 0.120. The fraction of sp³-hybridized carbons (Fsp3) is 0.176. The van der Waals surface area contributed by atoms with Gasteiger partial charge >= 0.3 is 0 Å². The van der Waals surface area contributed by atoms with Gasteiger partial charge in [0.25, 0.3) is 0 Å². The Morgan fingerprint density at radius 1 is 1.00 bits per heavy atom. The molecule has 0 nitrogen and oxygen atoms in total. The molecule has 0 saturated carbocycles. The van der Waals surface area contributed by atoms with Crippen LogP contribution in [-0.2, 0) is 6.42 Å². The van der Waals surface area contributed by atoms with Crippen molar-refractivity contribution < 1.29 is 4.39 Å². The van der Waals surface area contributed by atoms with Gasteiger partial charge in [-0.3, -0.25) is 0 Å². The largest absolute Gasteiger partial charge is 0.205 e. The summed E-state index contributed by atoms with van der Waals surface area (Å²) in [6.07, 6.45) is 2.21. The summed E-state index contributed by atoms with van der Waals surface area (Å²) in [7, 11) is 0. The van der Waals surface area contributed by atoms with Gasteiger partial charge in [0, 0.05) is 11.1 Å². The Balaban J connectivity index is 2.16. The smallest absolute Gasteiger partial charge is 0.143 e. The molecule has 0 aliphatic rings. The van der Waals surface area contributed by atoms with E-state index in [9.17, 15) is 4.39 Å². The molecule has 0 fully saturated rings. The zero-order valence-corrected chi connectivity index (χ0v) is 11.5. The summed E-state index contributed by atoms with van der Waals surface area (Å²) >= 11 is 5.62. The zero-order valence-electron chi connectivity index (χ0n) is 10.7. The summed E-state index contributed by atoms with van der Waals surface area (Å²) < 4.78 is 13.2. The van der Waals surface area contributed by atoms with Crippen LogP contribution in [0.1, 0.15) is 30.0 Å². The second-order valence-corrected chi connectivity index (χ2v) is 4.73. The highest BCUT2D eigenvalue weighted by Crippen LogP contribution is 2.15. The molecule has 2 heteroatoms. The average Bonchev–Trinajstić information content (AvgIpc) is 2.42. The van der Waals surface area contributed by atoms with Gasteiger partial charge in [-0.05, 0) is 42.3 Å². The summed E-state index contributed by atoms with van der Waals surface area (Å²) in [5, 5.41) is 0.120. The Labute approximate surface area is 118 Å². The topological polar surface area (TPSA) is 0 Å². The lowest BCUT2D eigenvalue weighted by atomic mass is 10.1. The molecule has 0 aliphatic carbocycles. The van der Waals surface area contributed by atoms with Crippen molar-refractivity contribution in [3.05, 3.63) is 70.0 Å². The van der Waals surface area contributed by atoms with E-state index in [1.807, 2.05) is 12.1 Å². The minimum Gasteiger partial charge on any atom is -0.205 e. The predicted molar refractivity (Wildman–Crippen MR) is 77.8 cm³/mol. The molecule has 0 unspecified atom stereocenters. The lowest BCUT2D eigenvalue weighted by Crippen LogP contribution is -1.83. The molecular formula is C17H14ClF. The van der Waals surface area contributed by atoms with Gasteiger partial charge in [-0.15, -0.1) is 0 Å². The van der Waals surface area contributed by atoms with Gasteiger partial charge in [-0.25, -0.2) is 4.39 Å². The summed E-state index contributed by atoms with van der Waals surface area (Å²) in [5.74, 6) is 5.51. The Morgan fingerprint density at radius 2 is 1.63 bits per heavy atom. The van der Waals surface area contributed by atoms with Crippen molar-refractivity contribution in [3.8, 4) is 11.8 Å². The molecule has 0 N–H and O–H groups in total. The molecule has 0 heterocycles. The average molecular weight is 273 g/mol. The highest BCUT2D eigenvalue weighted by molar-refractivity contribution is 6.30. The number of rotatable bonds is 2. The molecule has 0 spiro atoms. The van der Waals surface area contributed by atoms with Gasteiger partial charge in [0.15, 0.2) is 0 Å².